The molecule has 0 aliphatic heterocycles. The van der Waals surface area contributed by atoms with Crippen LogP contribution in [0.15, 0.2) is 0 Å². The topological polar surface area (TPSA) is 43.4 Å². The van der Waals surface area contributed by atoms with E-state index in [0.717, 1.165) is 12.8 Å². The average Bonchev–Trinajstić information content (AvgIpc) is 2.14. The number of rotatable bonds is 8. The minimum absolute atomic E-state index is 0.00394. The molecule has 0 amide bonds. The maximum absolute atomic E-state index is 11.5. The van der Waals surface area contributed by atoms with Crippen molar-refractivity contribution in [2.75, 3.05) is 0 Å². The molecule has 0 aromatic rings. The first-order valence-corrected chi connectivity index (χ1v) is 6.58. The van der Waals surface area contributed by atoms with Gasteiger partial charge in [-0.3, -0.25) is 9.59 Å². The van der Waals surface area contributed by atoms with Crippen molar-refractivity contribution >= 4 is 11.8 Å². The summed E-state index contributed by atoms with van der Waals surface area (Å²) in [5, 5.41) is 0. The predicted octanol–water partition coefficient (Wildman–Crippen LogP) is 3.65. The Bertz CT molecular complexity index is 238. The van der Waals surface area contributed by atoms with Crippen LogP contribution in [-0.2, 0) is 14.3 Å². The number of hydrogen-bond acceptors (Lipinski definition) is 3. The van der Waals surface area contributed by atoms with Crippen LogP contribution in [-0.4, -0.2) is 17.4 Å². The van der Waals surface area contributed by atoms with E-state index in [1.165, 1.54) is 19.3 Å². The summed E-state index contributed by atoms with van der Waals surface area (Å²) >= 11 is 0. The Morgan fingerprint density at radius 1 is 1.00 bits per heavy atom. The fraction of sp³-hybridized carbons (Fsp3) is 0.857. The highest BCUT2D eigenvalue weighted by atomic mass is 16.6. The third-order valence-electron chi connectivity index (χ3n) is 2.32. The van der Waals surface area contributed by atoms with Gasteiger partial charge in [0.2, 0.25) is 0 Å². The zero-order chi connectivity index (χ0) is 13.3. The number of hydrogen-bond donors (Lipinski definition) is 0. The lowest BCUT2D eigenvalue weighted by atomic mass is 10.1. The largest absolute Gasteiger partial charge is 0.460 e. The molecule has 0 atom stereocenters. The van der Waals surface area contributed by atoms with Crippen LogP contribution < -0.4 is 0 Å². The third-order valence-corrected chi connectivity index (χ3v) is 2.32. The van der Waals surface area contributed by atoms with Gasteiger partial charge in [-0.2, -0.15) is 0 Å². The van der Waals surface area contributed by atoms with Crippen molar-refractivity contribution in [1.29, 1.82) is 0 Å². The summed E-state index contributed by atoms with van der Waals surface area (Å²) in [4.78, 5) is 22.8. The first-order chi connectivity index (χ1) is 7.85. The van der Waals surface area contributed by atoms with E-state index >= 15 is 0 Å². The molecular weight excluding hydrogens is 216 g/mol. The second-order valence-electron chi connectivity index (χ2n) is 5.47. The van der Waals surface area contributed by atoms with E-state index in [4.69, 9.17) is 4.74 Å². The van der Waals surface area contributed by atoms with Gasteiger partial charge in [0.1, 0.15) is 17.8 Å². The van der Waals surface area contributed by atoms with Gasteiger partial charge in [0.05, 0.1) is 0 Å². The summed E-state index contributed by atoms with van der Waals surface area (Å²) in [5.74, 6) is -0.410. The van der Waals surface area contributed by atoms with Gasteiger partial charge >= 0.3 is 5.97 Å². The first-order valence-electron chi connectivity index (χ1n) is 6.58. The lowest BCUT2D eigenvalue weighted by Gasteiger charge is -2.19. The van der Waals surface area contributed by atoms with Crippen LogP contribution in [0.25, 0.3) is 0 Å². The summed E-state index contributed by atoms with van der Waals surface area (Å²) < 4.78 is 5.09. The van der Waals surface area contributed by atoms with Crippen molar-refractivity contribution in [3.8, 4) is 0 Å². The normalized spacial score (nSPS) is 11.3. The SMILES string of the molecule is CCCCCCCC(=O)CC(=O)OC(C)(C)C. The smallest absolute Gasteiger partial charge is 0.313 e. The Labute approximate surface area is 105 Å². The van der Waals surface area contributed by atoms with E-state index in [2.05, 4.69) is 6.92 Å². The fourth-order valence-electron chi connectivity index (χ4n) is 1.55. The van der Waals surface area contributed by atoms with Gasteiger partial charge in [0.15, 0.2) is 0 Å². The van der Waals surface area contributed by atoms with Crippen molar-refractivity contribution in [1.82, 2.24) is 0 Å². The Morgan fingerprint density at radius 2 is 1.59 bits per heavy atom. The maximum atomic E-state index is 11.5. The van der Waals surface area contributed by atoms with Crippen LogP contribution in [0.1, 0.15) is 72.6 Å². The van der Waals surface area contributed by atoms with E-state index in [1.54, 1.807) is 20.8 Å². The molecule has 17 heavy (non-hydrogen) atoms. The Hall–Kier alpha value is -0.860. The van der Waals surface area contributed by atoms with Crippen molar-refractivity contribution in [3.05, 3.63) is 0 Å². The number of carbonyl (C=O) groups excluding carboxylic acids is 2. The van der Waals surface area contributed by atoms with Crippen LogP contribution in [0.4, 0.5) is 0 Å². The lowest BCUT2D eigenvalue weighted by Crippen LogP contribution is -2.25. The van der Waals surface area contributed by atoms with Gasteiger partial charge in [-0.1, -0.05) is 32.6 Å². The Balaban J connectivity index is 3.61. The zero-order valence-electron chi connectivity index (χ0n) is 11.7. The van der Waals surface area contributed by atoms with Crippen molar-refractivity contribution in [2.45, 2.75) is 78.2 Å². The minimum Gasteiger partial charge on any atom is -0.460 e. The summed E-state index contributed by atoms with van der Waals surface area (Å²) in [6.07, 6.45) is 5.99. The van der Waals surface area contributed by atoms with Crippen molar-refractivity contribution in [3.63, 3.8) is 0 Å². The number of ketones is 1. The van der Waals surface area contributed by atoms with E-state index in [1.807, 2.05) is 0 Å². The fourth-order valence-corrected chi connectivity index (χ4v) is 1.55. The van der Waals surface area contributed by atoms with E-state index in [0.29, 0.717) is 6.42 Å². The summed E-state index contributed by atoms with van der Waals surface area (Å²) in [6.45, 7) is 7.58. The molecule has 0 aliphatic carbocycles. The molecule has 3 nitrogen and oxygen atoms in total. The van der Waals surface area contributed by atoms with Gasteiger partial charge < -0.3 is 4.74 Å². The molecule has 0 rings (SSSR count). The predicted molar refractivity (Wildman–Crippen MR) is 68.8 cm³/mol. The molecule has 3 heteroatoms. The highest BCUT2D eigenvalue weighted by Crippen LogP contribution is 2.10. The Morgan fingerprint density at radius 3 is 2.12 bits per heavy atom. The second-order valence-corrected chi connectivity index (χ2v) is 5.47. The molecule has 0 unspecified atom stereocenters. The zero-order valence-corrected chi connectivity index (χ0v) is 11.7. The van der Waals surface area contributed by atoms with Crippen LogP contribution in [0.2, 0.25) is 0 Å². The number of unbranched alkanes of at least 4 members (excludes halogenated alkanes) is 4. The molecule has 0 saturated heterocycles. The monoisotopic (exact) mass is 242 g/mol. The third kappa shape index (κ3) is 11.4. The molecule has 100 valence electrons. The van der Waals surface area contributed by atoms with Gasteiger partial charge in [0, 0.05) is 6.42 Å². The van der Waals surface area contributed by atoms with Crippen LogP contribution in [0.5, 0.6) is 0 Å². The lowest BCUT2D eigenvalue weighted by molar-refractivity contribution is -0.156. The number of ether oxygens (including phenoxy) is 1. The van der Waals surface area contributed by atoms with Gasteiger partial charge in [-0.25, -0.2) is 0 Å². The molecule has 0 N–H and O–H groups in total. The summed E-state index contributed by atoms with van der Waals surface area (Å²) in [6, 6.07) is 0. The molecule has 0 aliphatic rings. The number of Topliss-reactive ketones (excluding diaryl/α,β-unsaturated/α-hetero) is 1. The van der Waals surface area contributed by atoms with Crippen molar-refractivity contribution in [2.24, 2.45) is 0 Å². The molecule has 0 fully saturated rings. The first kappa shape index (κ1) is 16.1. The van der Waals surface area contributed by atoms with Crippen LogP contribution in [0.3, 0.4) is 0 Å². The number of carbonyl (C=O) groups is 2. The standard InChI is InChI=1S/C14H26O3/c1-5-6-7-8-9-10-12(15)11-13(16)17-14(2,3)4/h5-11H2,1-4H3. The molecule has 0 aromatic carbocycles. The minimum atomic E-state index is -0.501. The van der Waals surface area contributed by atoms with Gasteiger partial charge in [0.25, 0.3) is 0 Å². The molecule has 0 aromatic heterocycles. The van der Waals surface area contributed by atoms with Crippen molar-refractivity contribution < 1.29 is 14.3 Å². The highest BCUT2D eigenvalue weighted by Gasteiger charge is 2.18. The van der Waals surface area contributed by atoms with E-state index in [-0.39, 0.29) is 12.2 Å². The van der Waals surface area contributed by atoms with E-state index < -0.39 is 11.6 Å². The molecule has 0 saturated carbocycles. The molecule has 0 radical (unpaired) electrons. The highest BCUT2D eigenvalue weighted by molar-refractivity contribution is 5.95. The van der Waals surface area contributed by atoms with Gasteiger partial charge in [-0.15, -0.1) is 0 Å². The quantitative estimate of drug-likeness (QED) is 0.371. The van der Waals surface area contributed by atoms with Crippen LogP contribution >= 0.6 is 0 Å². The number of esters is 1. The molecular formula is C14H26O3. The Kier molecular flexibility index (Phi) is 7.85. The second kappa shape index (κ2) is 8.26. The van der Waals surface area contributed by atoms with Crippen LogP contribution in [0, 0.1) is 0 Å². The molecule has 0 bridgehead atoms. The summed E-state index contributed by atoms with van der Waals surface area (Å²) in [7, 11) is 0. The summed E-state index contributed by atoms with van der Waals surface area (Å²) in [5.41, 5.74) is -0.501. The molecule has 0 heterocycles. The average molecular weight is 242 g/mol. The van der Waals surface area contributed by atoms with E-state index in [9.17, 15) is 9.59 Å². The van der Waals surface area contributed by atoms with Gasteiger partial charge in [-0.05, 0) is 27.2 Å². The molecule has 0 spiro atoms. The maximum Gasteiger partial charge on any atom is 0.313 e.